The van der Waals surface area contributed by atoms with E-state index in [9.17, 15) is 0 Å². The molecule has 2 fully saturated rings. The normalized spacial score (nSPS) is 41.9. The molecule has 70 valence electrons. The summed E-state index contributed by atoms with van der Waals surface area (Å²) in [5.41, 5.74) is 0. The second kappa shape index (κ2) is 4.22. The minimum atomic E-state index is -1.07. The van der Waals surface area contributed by atoms with Crippen LogP contribution in [0.4, 0.5) is 0 Å². The van der Waals surface area contributed by atoms with E-state index in [0.29, 0.717) is 6.10 Å². The lowest BCUT2D eigenvalue weighted by atomic mass is 9.98. The van der Waals surface area contributed by atoms with Crippen LogP contribution < -0.4 is 0 Å². The summed E-state index contributed by atoms with van der Waals surface area (Å²) in [5.74, 6) is 1.79. The number of rotatable bonds is 3. The highest BCUT2D eigenvalue weighted by Crippen LogP contribution is 2.52. The molecule has 2 aliphatic rings. The van der Waals surface area contributed by atoms with Gasteiger partial charge in [0.1, 0.15) is 6.13 Å². The number of fused-ring (bicyclic) bond motifs is 2. The fourth-order valence-corrected chi connectivity index (χ4v) is 4.31. The molecule has 12 heavy (non-hydrogen) atoms. The fourth-order valence-electron chi connectivity index (χ4n) is 2.48. The highest BCUT2D eigenvalue weighted by Gasteiger charge is 2.40. The van der Waals surface area contributed by atoms with Crippen molar-refractivity contribution in [2.24, 2.45) is 11.8 Å². The van der Waals surface area contributed by atoms with Crippen molar-refractivity contribution in [2.45, 2.75) is 31.8 Å². The van der Waals surface area contributed by atoms with Crippen LogP contribution in [0.5, 0.6) is 0 Å². The highest BCUT2D eigenvalue weighted by atomic mass is 33.4. The van der Waals surface area contributed by atoms with Gasteiger partial charge < -0.3 is 4.52 Å². The molecule has 0 aromatic heterocycles. The molecule has 2 aliphatic carbocycles. The smallest absolute Gasteiger partial charge is 0.117 e. The van der Waals surface area contributed by atoms with Crippen molar-refractivity contribution in [1.29, 1.82) is 0 Å². The highest BCUT2D eigenvalue weighted by molar-refractivity contribution is 8.96. The second-order valence-corrected chi connectivity index (χ2v) is 9.78. The maximum Gasteiger partial charge on any atom is 0.117 e. The first-order valence-corrected chi connectivity index (χ1v) is 9.45. The Morgan fingerprint density at radius 3 is 2.75 bits per heavy atom. The van der Waals surface area contributed by atoms with Gasteiger partial charge in [-0.05, 0) is 47.9 Å². The second-order valence-electron chi connectivity index (χ2n) is 3.67. The van der Waals surface area contributed by atoms with Crippen LogP contribution in [-0.2, 0) is 16.3 Å². The van der Waals surface area contributed by atoms with Gasteiger partial charge in [0.05, 0.1) is 6.10 Å². The maximum atomic E-state index is 5.80. The van der Waals surface area contributed by atoms with E-state index in [1.807, 2.05) is 0 Å². The number of hydrogen-bond donors (Lipinski definition) is 1. The Morgan fingerprint density at radius 1 is 1.42 bits per heavy atom. The zero-order chi connectivity index (χ0) is 8.55. The molecular weight excluding hydrogens is 227 g/mol. The monoisotopic (exact) mass is 240 g/mol. The first kappa shape index (κ1) is 9.85. The SMILES string of the molecule is S=[PH](OC1CC2CCC1C2)SS. The summed E-state index contributed by atoms with van der Waals surface area (Å²) in [6.07, 6.45) is 4.89. The van der Waals surface area contributed by atoms with Gasteiger partial charge in [-0.2, -0.15) is 0 Å². The summed E-state index contributed by atoms with van der Waals surface area (Å²) in [5, 5.41) is 0. The third-order valence-electron chi connectivity index (χ3n) is 3.00. The quantitative estimate of drug-likeness (QED) is 0.461. The van der Waals surface area contributed by atoms with Crippen molar-refractivity contribution >= 4 is 40.0 Å². The van der Waals surface area contributed by atoms with Crippen molar-refractivity contribution in [3.8, 4) is 0 Å². The van der Waals surface area contributed by atoms with E-state index in [4.69, 9.17) is 16.3 Å². The van der Waals surface area contributed by atoms with Gasteiger partial charge in [0.2, 0.25) is 0 Å². The van der Waals surface area contributed by atoms with Gasteiger partial charge in [-0.1, -0.05) is 11.8 Å². The molecule has 2 rings (SSSR count). The Kier molecular flexibility index (Phi) is 3.47. The molecule has 5 heteroatoms. The first-order chi connectivity index (χ1) is 5.79. The third kappa shape index (κ3) is 2.03. The van der Waals surface area contributed by atoms with E-state index in [1.165, 1.54) is 36.1 Å². The van der Waals surface area contributed by atoms with Crippen LogP contribution in [0, 0.1) is 11.8 Å². The average molecular weight is 240 g/mol. The minimum absolute atomic E-state index is 0.495. The van der Waals surface area contributed by atoms with Crippen LogP contribution in [0.1, 0.15) is 25.7 Å². The molecule has 0 aliphatic heterocycles. The summed E-state index contributed by atoms with van der Waals surface area (Å²) >= 11 is 9.25. The summed E-state index contributed by atoms with van der Waals surface area (Å²) in [6, 6.07) is 0. The van der Waals surface area contributed by atoms with Gasteiger partial charge in [0.25, 0.3) is 0 Å². The lowest BCUT2D eigenvalue weighted by Crippen LogP contribution is -2.16. The van der Waals surface area contributed by atoms with E-state index >= 15 is 0 Å². The van der Waals surface area contributed by atoms with E-state index in [0.717, 1.165) is 11.8 Å². The van der Waals surface area contributed by atoms with Gasteiger partial charge in [0, 0.05) is 0 Å². The third-order valence-corrected chi connectivity index (χ3v) is 8.02. The summed E-state index contributed by atoms with van der Waals surface area (Å²) in [7, 11) is 1.43. The lowest BCUT2D eigenvalue weighted by molar-refractivity contribution is 0.163. The van der Waals surface area contributed by atoms with Crippen LogP contribution in [0.2, 0.25) is 0 Å². The van der Waals surface area contributed by atoms with Gasteiger partial charge >= 0.3 is 0 Å². The predicted octanol–water partition coefficient (Wildman–Crippen LogP) is 3.28. The zero-order valence-electron chi connectivity index (χ0n) is 6.73. The van der Waals surface area contributed by atoms with Gasteiger partial charge in [-0.15, -0.1) is 11.7 Å². The maximum absolute atomic E-state index is 5.80. The number of hydrogen-bond acceptors (Lipinski definition) is 4. The summed E-state index contributed by atoms with van der Waals surface area (Å²) < 4.78 is 5.80. The van der Waals surface area contributed by atoms with Crippen LogP contribution in [0.15, 0.2) is 0 Å². The molecule has 0 radical (unpaired) electrons. The molecule has 0 saturated heterocycles. The summed E-state index contributed by atoms with van der Waals surface area (Å²) in [6.45, 7) is 0. The standard InChI is InChI=1S/C7H13OPS3/c10-9(12-11)8-7-4-5-1-2-6(7)3-5/h5-7,9,11H,1-4H2. The van der Waals surface area contributed by atoms with Crippen molar-refractivity contribution in [3.05, 3.63) is 0 Å². The van der Waals surface area contributed by atoms with Crippen molar-refractivity contribution < 1.29 is 4.52 Å². The van der Waals surface area contributed by atoms with Crippen molar-refractivity contribution in [3.63, 3.8) is 0 Å². The van der Waals surface area contributed by atoms with Crippen molar-refractivity contribution in [2.75, 3.05) is 0 Å². The molecule has 0 heterocycles. The molecule has 4 atom stereocenters. The predicted molar refractivity (Wildman–Crippen MR) is 62.6 cm³/mol. The Balaban J connectivity index is 1.86. The van der Waals surface area contributed by atoms with Crippen LogP contribution in [0.25, 0.3) is 0 Å². The van der Waals surface area contributed by atoms with E-state index in [2.05, 4.69) is 11.7 Å². The molecule has 2 saturated carbocycles. The first-order valence-electron chi connectivity index (χ1n) is 4.31. The molecule has 0 amide bonds. The van der Waals surface area contributed by atoms with Crippen LogP contribution >= 0.6 is 28.2 Å². The summed E-state index contributed by atoms with van der Waals surface area (Å²) in [4.78, 5) is 0. The van der Waals surface area contributed by atoms with Crippen LogP contribution in [0.3, 0.4) is 0 Å². The molecule has 0 aromatic rings. The molecule has 0 aromatic carbocycles. The number of thiol groups is 1. The zero-order valence-corrected chi connectivity index (χ0v) is 10.3. The minimum Gasteiger partial charge on any atom is -0.340 e. The molecule has 1 nitrogen and oxygen atoms in total. The molecule has 2 bridgehead atoms. The molecule has 4 unspecified atom stereocenters. The van der Waals surface area contributed by atoms with E-state index in [-0.39, 0.29) is 0 Å². The fraction of sp³-hybridized carbons (Fsp3) is 1.00. The Hall–Kier alpha value is 1.31. The van der Waals surface area contributed by atoms with E-state index < -0.39 is 6.13 Å². The molecule has 0 N–H and O–H groups in total. The Bertz CT molecular complexity index is 199. The lowest BCUT2D eigenvalue weighted by Gasteiger charge is -2.21. The van der Waals surface area contributed by atoms with Gasteiger partial charge in [0.15, 0.2) is 0 Å². The van der Waals surface area contributed by atoms with Gasteiger partial charge in [-0.25, -0.2) is 0 Å². The molecule has 0 spiro atoms. The van der Waals surface area contributed by atoms with Crippen LogP contribution in [-0.4, -0.2) is 6.10 Å². The Morgan fingerprint density at radius 2 is 2.25 bits per heavy atom. The topological polar surface area (TPSA) is 9.23 Å². The molecular formula is C7H13OPS3. The Labute approximate surface area is 88.1 Å². The van der Waals surface area contributed by atoms with Crippen molar-refractivity contribution in [1.82, 2.24) is 0 Å². The largest absolute Gasteiger partial charge is 0.340 e. The average Bonchev–Trinajstić information content (AvgIpc) is 2.64. The van der Waals surface area contributed by atoms with E-state index in [1.54, 1.807) is 0 Å². The van der Waals surface area contributed by atoms with Gasteiger partial charge in [-0.3, -0.25) is 0 Å².